The molecule has 1 atom stereocenters. The minimum absolute atomic E-state index is 0.126. The van der Waals surface area contributed by atoms with E-state index in [0.717, 1.165) is 40.9 Å². The Kier molecular flexibility index (Phi) is 5.48. The van der Waals surface area contributed by atoms with E-state index < -0.39 is 0 Å². The molecular formula is C18H20BrN3O2. The lowest BCUT2D eigenvalue weighted by molar-refractivity contribution is 0.0854. The molecule has 1 aliphatic rings. The predicted molar refractivity (Wildman–Crippen MR) is 97.7 cm³/mol. The summed E-state index contributed by atoms with van der Waals surface area (Å²) in [6, 6.07) is 9.61. The molecule has 2 N–H and O–H groups in total. The molecule has 24 heavy (non-hydrogen) atoms. The van der Waals surface area contributed by atoms with Crippen molar-refractivity contribution in [3.05, 3.63) is 52.3 Å². The van der Waals surface area contributed by atoms with Crippen molar-refractivity contribution in [1.29, 1.82) is 0 Å². The largest absolute Gasteiger partial charge is 0.376 e. The first kappa shape index (κ1) is 16.9. The van der Waals surface area contributed by atoms with Crippen LogP contribution in [0.4, 0.5) is 11.4 Å². The summed E-state index contributed by atoms with van der Waals surface area (Å²) < 4.78 is 6.58. The van der Waals surface area contributed by atoms with Gasteiger partial charge in [-0.2, -0.15) is 0 Å². The number of nitrogens with zero attached hydrogens (tertiary/aromatic N) is 1. The van der Waals surface area contributed by atoms with Crippen LogP contribution in [0.2, 0.25) is 0 Å². The van der Waals surface area contributed by atoms with Gasteiger partial charge in [0.2, 0.25) is 0 Å². The monoisotopic (exact) mass is 389 g/mol. The first-order valence-electron chi connectivity index (χ1n) is 8.01. The molecule has 1 unspecified atom stereocenters. The fourth-order valence-corrected chi connectivity index (χ4v) is 2.87. The van der Waals surface area contributed by atoms with Crippen molar-refractivity contribution < 1.29 is 9.53 Å². The van der Waals surface area contributed by atoms with Crippen LogP contribution in [0.15, 0.2) is 41.0 Å². The summed E-state index contributed by atoms with van der Waals surface area (Å²) in [6.07, 6.45) is 3.82. The van der Waals surface area contributed by atoms with Crippen molar-refractivity contribution in [1.82, 2.24) is 10.3 Å². The van der Waals surface area contributed by atoms with E-state index in [4.69, 9.17) is 4.74 Å². The number of hydrogen-bond donors (Lipinski definition) is 2. The second-order valence-corrected chi connectivity index (χ2v) is 6.72. The molecule has 1 fully saturated rings. The molecule has 2 heterocycles. The molecule has 3 rings (SSSR count). The average Bonchev–Trinajstić information content (AvgIpc) is 3.10. The van der Waals surface area contributed by atoms with Crippen LogP contribution < -0.4 is 10.6 Å². The van der Waals surface area contributed by atoms with Gasteiger partial charge in [0.25, 0.3) is 5.91 Å². The SMILES string of the molecule is Cc1cc(Nc2ccnc(C(=O)NCC3CCCO3)c2)ccc1Br. The molecule has 6 heteroatoms. The first-order chi connectivity index (χ1) is 11.6. The number of benzene rings is 1. The summed E-state index contributed by atoms with van der Waals surface area (Å²) in [6.45, 7) is 3.35. The Morgan fingerprint density at radius 3 is 2.92 bits per heavy atom. The number of nitrogens with one attached hydrogen (secondary N) is 2. The summed E-state index contributed by atoms with van der Waals surface area (Å²) in [5.41, 5.74) is 3.33. The number of amides is 1. The van der Waals surface area contributed by atoms with Gasteiger partial charge >= 0.3 is 0 Å². The Labute approximate surface area is 149 Å². The highest BCUT2D eigenvalue weighted by Gasteiger charge is 2.17. The number of aryl methyl sites for hydroxylation is 1. The summed E-state index contributed by atoms with van der Waals surface area (Å²) in [4.78, 5) is 16.4. The summed E-state index contributed by atoms with van der Waals surface area (Å²) in [5.74, 6) is -0.180. The van der Waals surface area contributed by atoms with Crippen LogP contribution in [0, 0.1) is 6.92 Å². The van der Waals surface area contributed by atoms with Gasteiger partial charge in [-0.05, 0) is 55.7 Å². The summed E-state index contributed by atoms with van der Waals surface area (Å²) >= 11 is 3.49. The van der Waals surface area contributed by atoms with E-state index in [-0.39, 0.29) is 12.0 Å². The zero-order valence-electron chi connectivity index (χ0n) is 13.5. The Bertz CT molecular complexity index is 730. The molecule has 1 aromatic heterocycles. The topological polar surface area (TPSA) is 63.2 Å². The van der Waals surface area contributed by atoms with Crippen LogP contribution >= 0.6 is 15.9 Å². The Hall–Kier alpha value is -1.92. The molecule has 0 saturated carbocycles. The fraction of sp³-hybridized carbons (Fsp3) is 0.333. The van der Waals surface area contributed by atoms with E-state index in [1.165, 1.54) is 0 Å². The van der Waals surface area contributed by atoms with Crippen molar-refractivity contribution in [2.75, 3.05) is 18.5 Å². The number of aromatic nitrogens is 1. The minimum atomic E-state index is -0.180. The zero-order chi connectivity index (χ0) is 16.9. The lowest BCUT2D eigenvalue weighted by Crippen LogP contribution is -2.32. The number of hydrogen-bond acceptors (Lipinski definition) is 4. The van der Waals surface area contributed by atoms with Gasteiger partial charge in [0, 0.05) is 35.2 Å². The van der Waals surface area contributed by atoms with Crippen molar-refractivity contribution >= 4 is 33.2 Å². The number of pyridine rings is 1. The zero-order valence-corrected chi connectivity index (χ0v) is 15.1. The maximum absolute atomic E-state index is 12.2. The van der Waals surface area contributed by atoms with Crippen LogP contribution in [0.3, 0.4) is 0 Å². The third-order valence-corrected chi connectivity index (χ3v) is 4.84. The normalized spacial score (nSPS) is 16.8. The Morgan fingerprint density at radius 1 is 1.33 bits per heavy atom. The van der Waals surface area contributed by atoms with E-state index in [9.17, 15) is 4.79 Å². The van der Waals surface area contributed by atoms with Crippen molar-refractivity contribution in [3.8, 4) is 0 Å². The number of rotatable bonds is 5. The van der Waals surface area contributed by atoms with E-state index in [1.807, 2.05) is 31.2 Å². The molecule has 0 radical (unpaired) electrons. The molecule has 5 nitrogen and oxygen atoms in total. The second kappa shape index (κ2) is 7.77. The minimum Gasteiger partial charge on any atom is -0.376 e. The third-order valence-electron chi connectivity index (χ3n) is 3.95. The molecule has 1 amide bonds. The number of carbonyl (C=O) groups is 1. The standard InChI is InChI=1S/C18H20BrN3O2/c1-12-9-13(4-5-16(12)19)22-14-6-7-20-17(10-14)18(23)21-11-15-3-2-8-24-15/h4-7,9-10,15H,2-3,8,11H2,1H3,(H,20,22)(H,21,23). The molecule has 126 valence electrons. The van der Waals surface area contributed by atoms with Crippen LogP contribution in [-0.2, 0) is 4.74 Å². The molecule has 0 aliphatic carbocycles. The van der Waals surface area contributed by atoms with Crippen LogP contribution in [0.25, 0.3) is 0 Å². The van der Waals surface area contributed by atoms with Crippen molar-refractivity contribution in [3.63, 3.8) is 0 Å². The number of anilines is 2. The molecule has 1 saturated heterocycles. The third kappa shape index (κ3) is 4.33. The molecule has 1 aromatic carbocycles. The van der Waals surface area contributed by atoms with E-state index in [1.54, 1.807) is 12.3 Å². The molecule has 0 bridgehead atoms. The Morgan fingerprint density at radius 2 is 2.17 bits per heavy atom. The molecule has 1 aliphatic heterocycles. The quantitative estimate of drug-likeness (QED) is 0.815. The Balaban J connectivity index is 1.64. The van der Waals surface area contributed by atoms with Gasteiger partial charge in [0.05, 0.1) is 6.10 Å². The summed E-state index contributed by atoms with van der Waals surface area (Å²) in [7, 11) is 0. The van der Waals surface area contributed by atoms with Crippen molar-refractivity contribution in [2.24, 2.45) is 0 Å². The van der Waals surface area contributed by atoms with E-state index >= 15 is 0 Å². The van der Waals surface area contributed by atoms with Gasteiger partial charge in [-0.25, -0.2) is 0 Å². The number of halogens is 1. The highest BCUT2D eigenvalue weighted by Crippen LogP contribution is 2.23. The number of ether oxygens (including phenoxy) is 1. The second-order valence-electron chi connectivity index (χ2n) is 5.86. The predicted octanol–water partition coefficient (Wildman–Crippen LogP) is 3.80. The van der Waals surface area contributed by atoms with Crippen molar-refractivity contribution in [2.45, 2.75) is 25.9 Å². The number of carbonyl (C=O) groups excluding carboxylic acids is 1. The van der Waals surface area contributed by atoms with E-state index in [0.29, 0.717) is 12.2 Å². The average molecular weight is 390 g/mol. The maximum atomic E-state index is 12.2. The lowest BCUT2D eigenvalue weighted by Gasteiger charge is -2.12. The van der Waals surface area contributed by atoms with Crippen LogP contribution in [0.5, 0.6) is 0 Å². The van der Waals surface area contributed by atoms with Crippen LogP contribution in [0.1, 0.15) is 28.9 Å². The molecule has 0 spiro atoms. The molecular weight excluding hydrogens is 370 g/mol. The van der Waals surface area contributed by atoms with Gasteiger partial charge in [-0.15, -0.1) is 0 Å². The lowest BCUT2D eigenvalue weighted by atomic mass is 10.2. The van der Waals surface area contributed by atoms with Gasteiger partial charge < -0.3 is 15.4 Å². The first-order valence-corrected chi connectivity index (χ1v) is 8.80. The highest BCUT2D eigenvalue weighted by atomic mass is 79.9. The van der Waals surface area contributed by atoms with Gasteiger partial charge in [0.15, 0.2) is 0 Å². The summed E-state index contributed by atoms with van der Waals surface area (Å²) in [5, 5.41) is 6.19. The van der Waals surface area contributed by atoms with Crippen LogP contribution in [-0.4, -0.2) is 30.1 Å². The maximum Gasteiger partial charge on any atom is 0.270 e. The highest BCUT2D eigenvalue weighted by molar-refractivity contribution is 9.10. The fourth-order valence-electron chi connectivity index (χ4n) is 2.62. The van der Waals surface area contributed by atoms with Gasteiger partial charge in [-0.1, -0.05) is 15.9 Å². The van der Waals surface area contributed by atoms with Gasteiger partial charge in [0.1, 0.15) is 5.69 Å². The molecule has 2 aromatic rings. The van der Waals surface area contributed by atoms with E-state index in [2.05, 4.69) is 31.5 Å². The van der Waals surface area contributed by atoms with Gasteiger partial charge in [-0.3, -0.25) is 9.78 Å². The smallest absolute Gasteiger partial charge is 0.270 e.